The van der Waals surface area contributed by atoms with Gasteiger partial charge in [0.1, 0.15) is 0 Å². The first-order chi connectivity index (χ1) is 12.3. The van der Waals surface area contributed by atoms with E-state index in [4.69, 9.17) is 8.22 Å². The van der Waals surface area contributed by atoms with Crippen LogP contribution < -0.4 is 0 Å². The van der Waals surface area contributed by atoms with Gasteiger partial charge >= 0.3 is 0 Å². The van der Waals surface area contributed by atoms with E-state index in [0.29, 0.717) is 31.3 Å². The van der Waals surface area contributed by atoms with Crippen LogP contribution in [0.4, 0.5) is 0 Å². The molecule has 0 spiro atoms. The van der Waals surface area contributed by atoms with Gasteiger partial charge in [-0.3, -0.25) is 0 Å². The van der Waals surface area contributed by atoms with Gasteiger partial charge in [0.2, 0.25) is 0 Å². The normalized spacial score (nSPS) is 15.4. The third-order valence-corrected chi connectivity index (χ3v) is 4.37. The van der Waals surface area contributed by atoms with Gasteiger partial charge in [-0.15, -0.1) is 11.3 Å². The van der Waals surface area contributed by atoms with Gasteiger partial charge in [-0.2, -0.15) is 0 Å². The maximum atomic E-state index is 8.54. The molecule has 1 heterocycles. The maximum absolute atomic E-state index is 8.54. The Kier molecular flexibility index (Phi) is 1.57. The van der Waals surface area contributed by atoms with Gasteiger partial charge in [0.15, 0.2) is 0 Å². The molecule has 0 fully saturated rings. The number of hydrogen-bond acceptors (Lipinski definition) is 1. The minimum absolute atomic E-state index is 0.0928. The van der Waals surface area contributed by atoms with Crippen molar-refractivity contribution in [3.05, 3.63) is 72.1 Å². The minimum atomic E-state index is -0.296. The number of hydrogen-bond donors (Lipinski definition) is 0. The zero-order valence-electron chi connectivity index (χ0n) is 16.8. The molecule has 0 N–H and O–H groups in total. The third-order valence-electron chi connectivity index (χ3n) is 3.25. The second-order valence-electron chi connectivity index (χ2n) is 4.63. The van der Waals surface area contributed by atoms with Crippen molar-refractivity contribution in [2.24, 2.45) is 0 Å². The second kappa shape index (κ2) is 4.46. The maximum Gasteiger partial charge on any atom is 0.0638 e. The van der Waals surface area contributed by atoms with Crippen molar-refractivity contribution in [1.29, 1.82) is 0 Å². The van der Waals surface area contributed by atoms with Crippen molar-refractivity contribution in [2.45, 2.75) is 6.92 Å². The van der Waals surface area contributed by atoms with Crippen LogP contribution in [0.5, 0.6) is 0 Å². The molecular weight excluding hydrogens is 260 g/mol. The molecule has 0 saturated carbocycles. The number of fused-ring (bicyclic) bond motifs is 3. The molecule has 0 amide bonds. The second-order valence-corrected chi connectivity index (χ2v) is 5.65. The molecule has 0 nitrogen and oxygen atoms in total. The summed E-state index contributed by atoms with van der Waals surface area (Å²) in [6, 6.07) is 9.08. The molecule has 0 aliphatic rings. The van der Waals surface area contributed by atoms with Crippen LogP contribution in [0.1, 0.15) is 13.8 Å². The van der Waals surface area contributed by atoms with Crippen LogP contribution in [-0.4, -0.2) is 0 Å². The molecule has 4 aromatic rings. The lowest BCUT2D eigenvalue weighted by atomic mass is 10.0. The summed E-state index contributed by atoms with van der Waals surface area (Å²) in [5, 5.41) is 0.880. The summed E-state index contributed by atoms with van der Waals surface area (Å²) in [6.07, 6.45) is 0. The quantitative estimate of drug-likeness (QED) is 0.399. The van der Waals surface area contributed by atoms with Gasteiger partial charge in [-0.1, -0.05) is 48.5 Å². The van der Waals surface area contributed by atoms with E-state index in [-0.39, 0.29) is 36.3 Å². The number of thiophene rings is 1. The molecule has 0 saturated heterocycles. The summed E-state index contributed by atoms with van der Waals surface area (Å²) < 4.78 is 50.6. The average Bonchev–Trinajstić information content (AvgIpc) is 3.04. The molecule has 4 rings (SSSR count). The highest BCUT2D eigenvalue weighted by atomic mass is 32.1. The fraction of sp³-hybridized carbons (Fsp3) is 0.0526. The zero-order chi connectivity index (χ0) is 18.7. The first-order valence-corrected chi connectivity index (χ1v) is 7.14. The Morgan fingerprint density at radius 2 is 1.75 bits per heavy atom. The van der Waals surface area contributed by atoms with Crippen LogP contribution in [0.2, 0.25) is 0 Å². The minimum Gasteiger partial charge on any atom is -0.135 e. The number of rotatable bonds is 1. The van der Waals surface area contributed by atoms with Crippen LogP contribution in [0.15, 0.2) is 66.6 Å². The highest BCUT2D eigenvalue weighted by molar-refractivity contribution is 7.26. The molecule has 0 unspecified atom stereocenters. The Hall–Kier alpha value is -2.12. The summed E-state index contributed by atoms with van der Waals surface area (Å²) in [7, 11) is 0. The van der Waals surface area contributed by atoms with E-state index >= 15 is 0 Å². The Morgan fingerprint density at radius 3 is 2.60 bits per heavy atom. The highest BCUT2D eigenvalue weighted by Crippen LogP contribution is 2.40. The largest absolute Gasteiger partial charge is 0.135 e. The molecule has 96 valence electrons. The summed E-state index contributed by atoms with van der Waals surface area (Å²) in [6.45, 7) is 1.71. The molecule has 0 atom stereocenters. The van der Waals surface area contributed by atoms with Crippen molar-refractivity contribution < 1.29 is 8.22 Å². The van der Waals surface area contributed by atoms with Gasteiger partial charge < -0.3 is 0 Å². The summed E-state index contributed by atoms with van der Waals surface area (Å²) in [5.74, 6) is 0. The summed E-state index contributed by atoms with van der Waals surface area (Å²) in [5.41, 5.74) is 2.02. The van der Waals surface area contributed by atoms with E-state index in [2.05, 4.69) is 0 Å². The lowest BCUT2D eigenvalue weighted by Gasteiger charge is -2.05. The van der Waals surface area contributed by atoms with Crippen molar-refractivity contribution >= 4 is 31.5 Å². The van der Waals surface area contributed by atoms with Crippen LogP contribution in [-0.2, 0) is 0 Å². The first-order valence-electron chi connectivity index (χ1n) is 9.32. The molecule has 0 aliphatic heterocycles. The highest BCUT2D eigenvalue weighted by Gasteiger charge is 2.10. The van der Waals surface area contributed by atoms with E-state index in [1.54, 1.807) is 6.92 Å². The average molecular weight is 280 g/mol. The lowest BCUT2D eigenvalue weighted by molar-refractivity contribution is 1.51. The molecule has 3 aromatic carbocycles. The third kappa shape index (κ3) is 1.75. The molecule has 1 aromatic heterocycles. The van der Waals surface area contributed by atoms with Gasteiger partial charge in [0.05, 0.1) is 8.22 Å². The van der Waals surface area contributed by atoms with Crippen LogP contribution in [0.3, 0.4) is 0 Å². The topological polar surface area (TPSA) is 0 Å². The molecular formula is C19H14S. The summed E-state index contributed by atoms with van der Waals surface area (Å²) in [4.78, 5) is 0. The number of benzene rings is 3. The standard InChI is InChI=1S/C19H14S/c1-13-11-16(14-7-3-2-4-8-14)19-17(12-13)15-9-5-6-10-18(15)20-19/h2-12H,1H3/i5D,6D,9D,10D,11D,12D. The SMILES string of the molecule is [2H]c1c([2H])c([2H])c2c(sc3c(-c4ccccc4)c([2H])c(C)c([2H])c32)c1[2H]. The van der Waals surface area contributed by atoms with Crippen molar-refractivity contribution in [1.82, 2.24) is 0 Å². The van der Waals surface area contributed by atoms with Crippen molar-refractivity contribution in [2.75, 3.05) is 0 Å². The van der Waals surface area contributed by atoms with E-state index in [0.717, 1.165) is 5.56 Å². The van der Waals surface area contributed by atoms with Crippen LogP contribution in [0, 0.1) is 6.92 Å². The van der Waals surface area contributed by atoms with Gasteiger partial charge in [0, 0.05) is 20.2 Å². The lowest BCUT2D eigenvalue weighted by Crippen LogP contribution is -1.80. The fourth-order valence-electron chi connectivity index (χ4n) is 2.39. The van der Waals surface area contributed by atoms with Gasteiger partial charge in [-0.05, 0) is 41.7 Å². The van der Waals surface area contributed by atoms with Crippen molar-refractivity contribution in [3.63, 3.8) is 0 Å². The Balaban J connectivity index is 2.32. The Morgan fingerprint density at radius 1 is 0.950 bits per heavy atom. The first kappa shape index (κ1) is 7.05. The van der Waals surface area contributed by atoms with Crippen LogP contribution >= 0.6 is 11.3 Å². The predicted molar refractivity (Wildman–Crippen MR) is 89.5 cm³/mol. The van der Waals surface area contributed by atoms with E-state index in [9.17, 15) is 0 Å². The molecule has 0 radical (unpaired) electrons. The molecule has 0 bridgehead atoms. The zero-order valence-corrected chi connectivity index (χ0v) is 11.6. The van der Waals surface area contributed by atoms with Gasteiger partial charge in [0.25, 0.3) is 0 Å². The van der Waals surface area contributed by atoms with E-state index < -0.39 is 0 Å². The van der Waals surface area contributed by atoms with Crippen LogP contribution in [0.25, 0.3) is 31.3 Å². The summed E-state index contributed by atoms with van der Waals surface area (Å²) >= 11 is 1.23. The molecule has 1 heteroatoms. The van der Waals surface area contributed by atoms with E-state index in [1.807, 2.05) is 30.3 Å². The van der Waals surface area contributed by atoms with Gasteiger partial charge in [-0.25, -0.2) is 0 Å². The Labute approximate surface area is 130 Å². The van der Waals surface area contributed by atoms with Crippen molar-refractivity contribution in [3.8, 4) is 11.1 Å². The predicted octanol–water partition coefficient (Wildman–Crippen LogP) is 6.03. The smallest absolute Gasteiger partial charge is 0.0638 e. The molecule has 0 aliphatic carbocycles. The Bertz CT molecular complexity index is 1190. The monoisotopic (exact) mass is 280 g/mol. The van der Waals surface area contributed by atoms with E-state index in [1.165, 1.54) is 11.3 Å². The fourth-order valence-corrected chi connectivity index (χ4v) is 3.47. The molecule has 20 heavy (non-hydrogen) atoms.